The highest BCUT2D eigenvalue weighted by molar-refractivity contribution is 5.90. The lowest BCUT2D eigenvalue weighted by molar-refractivity contribution is -0.138. The predicted molar refractivity (Wildman–Crippen MR) is 138 cm³/mol. The number of rotatable bonds is 8. The number of hydrogen-bond donors (Lipinski definition) is 1. The Labute approximate surface area is 220 Å². The minimum Gasteiger partial charge on any atom is -0.369 e. The van der Waals surface area contributed by atoms with E-state index in [1.54, 1.807) is 6.20 Å². The van der Waals surface area contributed by atoms with Gasteiger partial charge in [-0.05, 0) is 81.4 Å². The lowest BCUT2D eigenvalue weighted by atomic mass is 9.88. The van der Waals surface area contributed by atoms with Gasteiger partial charge in [0.15, 0.2) is 0 Å². The zero-order valence-electron chi connectivity index (χ0n) is 21.5. The van der Waals surface area contributed by atoms with Gasteiger partial charge in [0.1, 0.15) is 5.82 Å². The van der Waals surface area contributed by atoms with Crippen molar-refractivity contribution in [2.24, 2.45) is 5.73 Å². The smallest absolute Gasteiger partial charge is 0.369 e. The van der Waals surface area contributed by atoms with Gasteiger partial charge >= 0.3 is 6.18 Å². The number of aromatic nitrogens is 3. The maximum atomic E-state index is 13.8. The second-order valence-electron chi connectivity index (χ2n) is 10.6. The molecule has 2 aromatic heterocycles. The molecule has 9 heteroatoms. The van der Waals surface area contributed by atoms with Crippen molar-refractivity contribution in [1.29, 1.82) is 0 Å². The average Bonchev–Trinajstić information content (AvgIpc) is 3.70. The summed E-state index contributed by atoms with van der Waals surface area (Å²) >= 11 is 0. The number of alkyl halides is 3. The van der Waals surface area contributed by atoms with Crippen LogP contribution in [0.15, 0.2) is 48.8 Å². The highest BCUT2D eigenvalue weighted by Crippen LogP contribution is 2.49. The van der Waals surface area contributed by atoms with E-state index in [0.717, 1.165) is 54.5 Å². The summed E-state index contributed by atoms with van der Waals surface area (Å²) in [6, 6.07) is 11.3. The standard InChI is InChI=1S/C29H32F3N5O/c1-37-14-10-21(11-15-37)24-8-6-19(17-34-24)16-26-35-18-23(29(30,31)32)25(36-26)9-7-20-4-2-3-5-22(20)28(12-13-28)27(33)38/h2-6,8,17-18,21H,7,9-16H2,1H3,(H2,33,38). The van der Waals surface area contributed by atoms with E-state index in [1.165, 1.54) is 0 Å². The number of amides is 1. The molecule has 1 saturated heterocycles. The summed E-state index contributed by atoms with van der Waals surface area (Å²) in [4.78, 5) is 27.4. The minimum atomic E-state index is -4.56. The predicted octanol–water partition coefficient (Wildman–Crippen LogP) is 4.59. The summed E-state index contributed by atoms with van der Waals surface area (Å²) in [5.41, 5.74) is 7.63. The van der Waals surface area contributed by atoms with Crippen molar-refractivity contribution < 1.29 is 18.0 Å². The lowest BCUT2D eigenvalue weighted by Crippen LogP contribution is -2.29. The number of nitrogens with zero attached hydrogens (tertiary/aromatic N) is 4. The van der Waals surface area contributed by atoms with Crippen LogP contribution < -0.4 is 5.73 Å². The van der Waals surface area contributed by atoms with E-state index < -0.39 is 17.2 Å². The SMILES string of the molecule is CN1CCC(c2ccc(Cc3ncc(C(F)(F)F)c(CCc4ccccc4C4(C(N)=O)CC4)n3)cn2)CC1. The fourth-order valence-corrected chi connectivity index (χ4v) is 5.47. The molecule has 1 saturated carbocycles. The van der Waals surface area contributed by atoms with Gasteiger partial charge in [0, 0.05) is 30.4 Å². The molecular weight excluding hydrogens is 491 g/mol. The molecule has 38 heavy (non-hydrogen) atoms. The largest absolute Gasteiger partial charge is 0.419 e. The molecule has 1 aliphatic heterocycles. The maximum Gasteiger partial charge on any atom is 0.419 e. The molecule has 0 bridgehead atoms. The number of aryl methyl sites for hydroxylation is 2. The van der Waals surface area contributed by atoms with E-state index in [9.17, 15) is 18.0 Å². The molecule has 1 amide bonds. The topological polar surface area (TPSA) is 85.0 Å². The summed E-state index contributed by atoms with van der Waals surface area (Å²) in [6.45, 7) is 2.09. The van der Waals surface area contributed by atoms with Crippen LogP contribution in [-0.2, 0) is 35.6 Å². The molecule has 3 aromatic rings. The van der Waals surface area contributed by atoms with E-state index >= 15 is 0 Å². The van der Waals surface area contributed by atoms with Crippen LogP contribution in [-0.4, -0.2) is 45.9 Å². The Balaban J connectivity index is 1.34. The molecule has 2 fully saturated rings. The number of benzene rings is 1. The summed E-state index contributed by atoms with van der Waals surface area (Å²) in [5, 5.41) is 0. The average molecular weight is 524 g/mol. The zero-order chi connectivity index (χ0) is 26.9. The van der Waals surface area contributed by atoms with Crippen molar-refractivity contribution in [3.05, 3.63) is 88.3 Å². The van der Waals surface area contributed by atoms with Gasteiger partial charge in [-0.25, -0.2) is 9.97 Å². The van der Waals surface area contributed by atoms with Crippen molar-refractivity contribution in [3.63, 3.8) is 0 Å². The molecule has 0 radical (unpaired) electrons. The van der Waals surface area contributed by atoms with Crippen LogP contribution in [0.3, 0.4) is 0 Å². The molecule has 2 aliphatic rings. The van der Waals surface area contributed by atoms with Gasteiger partial charge in [-0.15, -0.1) is 0 Å². The molecule has 1 aromatic carbocycles. The zero-order valence-corrected chi connectivity index (χ0v) is 21.5. The Morgan fingerprint density at radius 3 is 2.42 bits per heavy atom. The first-order chi connectivity index (χ1) is 18.2. The Kier molecular flexibility index (Phi) is 7.22. The van der Waals surface area contributed by atoms with Gasteiger partial charge in [0.2, 0.25) is 5.91 Å². The van der Waals surface area contributed by atoms with Crippen molar-refractivity contribution in [2.45, 2.75) is 62.5 Å². The molecule has 2 N–H and O–H groups in total. The summed E-state index contributed by atoms with van der Waals surface area (Å²) in [6.07, 6.45) is 2.25. The molecule has 0 unspecified atom stereocenters. The first kappa shape index (κ1) is 26.3. The van der Waals surface area contributed by atoms with Crippen LogP contribution in [0, 0.1) is 0 Å². The van der Waals surface area contributed by atoms with E-state index in [-0.39, 0.29) is 18.0 Å². The number of halogens is 3. The number of carbonyl (C=O) groups excluding carboxylic acids is 1. The normalized spacial score (nSPS) is 17.9. The number of piperidine rings is 1. The third-order valence-electron chi connectivity index (χ3n) is 7.96. The first-order valence-electron chi connectivity index (χ1n) is 13.1. The van der Waals surface area contributed by atoms with E-state index in [0.29, 0.717) is 37.4 Å². The Hall–Kier alpha value is -3.33. The highest BCUT2D eigenvalue weighted by atomic mass is 19.4. The molecule has 3 heterocycles. The van der Waals surface area contributed by atoms with Crippen LogP contribution in [0.5, 0.6) is 0 Å². The number of nitrogens with two attached hydrogens (primary N) is 1. The van der Waals surface area contributed by atoms with Crippen LogP contribution in [0.4, 0.5) is 13.2 Å². The number of pyridine rings is 1. The van der Waals surface area contributed by atoms with E-state index in [4.69, 9.17) is 5.73 Å². The molecule has 6 nitrogen and oxygen atoms in total. The van der Waals surface area contributed by atoms with Crippen LogP contribution in [0.1, 0.15) is 71.1 Å². The second kappa shape index (κ2) is 10.4. The van der Waals surface area contributed by atoms with E-state index in [1.807, 2.05) is 36.4 Å². The summed E-state index contributed by atoms with van der Waals surface area (Å²) < 4.78 is 41.4. The van der Waals surface area contributed by atoms with Crippen LogP contribution in [0.25, 0.3) is 0 Å². The van der Waals surface area contributed by atoms with E-state index in [2.05, 4.69) is 26.9 Å². The molecule has 200 valence electrons. The number of hydrogen-bond acceptors (Lipinski definition) is 5. The van der Waals surface area contributed by atoms with Gasteiger partial charge in [-0.3, -0.25) is 9.78 Å². The lowest BCUT2D eigenvalue weighted by Gasteiger charge is -2.28. The monoisotopic (exact) mass is 523 g/mol. The Morgan fingerprint density at radius 2 is 1.79 bits per heavy atom. The van der Waals surface area contributed by atoms with Crippen molar-refractivity contribution in [2.75, 3.05) is 20.1 Å². The third-order valence-corrected chi connectivity index (χ3v) is 7.96. The summed E-state index contributed by atoms with van der Waals surface area (Å²) in [5.74, 6) is 0.369. The van der Waals surface area contributed by atoms with Gasteiger partial charge in [0.05, 0.1) is 16.7 Å². The minimum absolute atomic E-state index is 0.0443. The quantitative estimate of drug-likeness (QED) is 0.467. The van der Waals surface area contributed by atoms with Crippen molar-refractivity contribution in [3.8, 4) is 0 Å². The fraction of sp³-hybridized carbons (Fsp3) is 0.448. The van der Waals surface area contributed by atoms with Crippen LogP contribution >= 0.6 is 0 Å². The van der Waals surface area contributed by atoms with Gasteiger partial charge in [0.25, 0.3) is 0 Å². The maximum absolute atomic E-state index is 13.8. The van der Waals surface area contributed by atoms with Crippen molar-refractivity contribution in [1.82, 2.24) is 19.9 Å². The Bertz CT molecular complexity index is 1300. The first-order valence-corrected chi connectivity index (χ1v) is 13.1. The molecule has 0 spiro atoms. The Morgan fingerprint density at radius 1 is 1.05 bits per heavy atom. The van der Waals surface area contributed by atoms with Crippen LogP contribution in [0.2, 0.25) is 0 Å². The van der Waals surface area contributed by atoms with Gasteiger partial charge in [-0.1, -0.05) is 30.3 Å². The second-order valence-corrected chi connectivity index (χ2v) is 10.6. The molecular formula is C29H32F3N5O. The fourth-order valence-electron chi connectivity index (χ4n) is 5.47. The highest BCUT2D eigenvalue weighted by Gasteiger charge is 2.50. The van der Waals surface area contributed by atoms with Crippen molar-refractivity contribution >= 4 is 5.91 Å². The van der Waals surface area contributed by atoms with Gasteiger partial charge < -0.3 is 10.6 Å². The number of likely N-dealkylation sites (tertiary alicyclic amines) is 1. The summed E-state index contributed by atoms with van der Waals surface area (Å²) in [7, 11) is 2.12. The molecule has 1 aliphatic carbocycles. The van der Waals surface area contributed by atoms with Gasteiger partial charge in [-0.2, -0.15) is 13.2 Å². The third kappa shape index (κ3) is 5.57. The number of carbonyl (C=O) groups is 1. The number of primary amides is 1. The molecule has 5 rings (SSSR count). The molecule has 0 atom stereocenters.